The van der Waals surface area contributed by atoms with Crippen molar-refractivity contribution in [3.63, 3.8) is 0 Å². The second-order valence-electron chi connectivity index (χ2n) is 5.37. The molecule has 1 heterocycles. The SMILES string of the molecule is Cc1ccc(C)c(NC(=O)c2ccc(=O)n(C(C)C)n2)c1. The van der Waals surface area contributed by atoms with Crippen molar-refractivity contribution in [3.05, 3.63) is 57.5 Å². The van der Waals surface area contributed by atoms with E-state index < -0.39 is 0 Å². The van der Waals surface area contributed by atoms with Crippen LogP contribution in [0.2, 0.25) is 0 Å². The first-order valence-corrected chi connectivity index (χ1v) is 6.87. The largest absolute Gasteiger partial charge is 0.320 e. The maximum absolute atomic E-state index is 12.3. The summed E-state index contributed by atoms with van der Waals surface area (Å²) in [4.78, 5) is 23.9. The summed E-state index contributed by atoms with van der Waals surface area (Å²) in [7, 11) is 0. The van der Waals surface area contributed by atoms with Crippen molar-refractivity contribution in [3.8, 4) is 0 Å². The van der Waals surface area contributed by atoms with Gasteiger partial charge in [0.05, 0.1) is 6.04 Å². The maximum Gasteiger partial charge on any atom is 0.276 e. The third-order valence-electron chi connectivity index (χ3n) is 3.19. The van der Waals surface area contributed by atoms with Gasteiger partial charge >= 0.3 is 0 Å². The molecular weight excluding hydrogens is 266 g/mol. The summed E-state index contributed by atoms with van der Waals surface area (Å²) >= 11 is 0. The van der Waals surface area contributed by atoms with Gasteiger partial charge in [0.15, 0.2) is 0 Å². The Labute approximate surface area is 123 Å². The van der Waals surface area contributed by atoms with Crippen molar-refractivity contribution in [2.24, 2.45) is 0 Å². The van der Waals surface area contributed by atoms with Crippen LogP contribution in [0.4, 0.5) is 5.69 Å². The van der Waals surface area contributed by atoms with Gasteiger partial charge in [0.2, 0.25) is 0 Å². The summed E-state index contributed by atoms with van der Waals surface area (Å²) in [5.41, 5.74) is 2.81. The van der Waals surface area contributed by atoms with Crippen LogP contribution in [0.3, 0.4) is 0 Å². The fourth-order valence-electron chi connectivity index (χ4n) is 1.97. The van der Waals surface area contributed by atoms with Crippen LogP contribution in [0.5, 0.6) is 0 Å². The lowest BCUT2D eigenvalue weighted by molar-refractivity contribution is 0.101. The number of aromatic nitrogens is 2. The van der Waals surface area contributed by atoms with Gasteiger partial charge in [-0.2, -0.15) is 5.10 Å². The number of nitrogens with one attached hydrogen (secondary N) is 1. The van der Waals surface area contributed by atoms with Crippen molar-refractivity contribution in [1.82, 2.24) is 9.78 Å². The Hall–Kier alpha value is -2.43. The number of amides is 1. The van der Waals surface area contributed by atoms with Gasteiger partial charge < -0.3 is 5.32 Å². The second kappa shape index (κ2) is 5.91. The molecule has 0 spiro atoms. The van der Waals surface area contributed by atoms with Gasteiger partial charge in [-0.15, -0.1) is 0 Å². The number of rotatable bonds is 3. The van der Waals surface area contributed by atoms with Gasteiger partial charge in [-0.25, -0.2) is 4.68 Å². The number of carbonyl (C=O) groups excluding carboxylic acids is 1. The quantitative estimate of drug-likeness (QED) is 0.943. The molecule has 1 aromatic carbocycles. The molecule has 0 saturated carbocycles. The molecule has 1 amide bonds. The van der Waals surface area contributed by atoms with E-state index in [0.29, 0.717) is 0 Å². The number of aryl methyl sites for hydroxylation is 2. The fourth-order valence-corrected chi connectivity index (χ4v) is 1.97. The Morgan fingerprint density at radius 3 is 2.57 bits per heavy atom. The number of nitrogens with zero attached hydrogens (tertiary/aromatic N) is 2. The Bertz CT molecular complexity index is 733. The zero-order chi connectivity index (χ0) is 15.6. The Kier molecular flexibility index (Phi) is 4.21. The number of carbonyl (C=O) groups is 1. The topological polar surface area (TPSA) is 64.0 Å². The van der Waals surface area contributed by atoms with Crippen LogP contribution in [-0.4, -0.2) is 15.7 Å². The third kappa shape index (κ3) is 3.37. The molecule has 21 heavy (non-hydrogen) atoms. The van der Waals surface area contributed by atoms with E-state index in [1.54, 1.807) is 0 Å². The molecule has 0 aliphatic carbocycles. The zero-order valence-corrected chi connectivity index (χ0v) is 12.7. The summed E-state index contributed by atoms with van der Waals surface area (Å²) in [6.45, 7) is 7.59. The first-order valence-electron chi connectivity index (χ1n) is 6.87. The number of hydrogen-bond acceptors (Lipinski definition) is 3. The number of benzene rings is 1. The standard InChI is InChI=1S/C16H19N3O2/c1-10(2)19-15(20)8-7-13(18-19)16(21)17-14-9-11(3)5-6-12(14)4/h5-10H,1-4H3,(H,17,21). The van der Waals surface area contributed by atoms with E-state index in [1.807, 2.05) is 45.9 Å². The summed E-state index contributed by atoms with van der Waals surface area (Å²) in [5, 5.41) is 6.95. The predicted octanol–water partition coefficient (Wildman–Crippen LogP) is 2.69. The van der Waals surface area contributed by atoms with Crippen LogP contribution in [-0.2, 0) is 0 Å². The lowest BCUT2D eigenvalue weighted by atomic mass is 10.1. The lowest BCUT2D eigenvalue weighted by Gasteiger charge is -2.11. The average molecular weight is 285 g/mol. The van der Waals surface area contributed by atoms with Gasteiger partial charge in [0.25, 0.3) is 11.5 Å². The molecule has 0 saturated heterocycles. The number of hydrogen-bond donors (Lipinski definition) is 1. The molecule has 0 aliphatic heterocycles. The molecular formula is C16H19N3O2. The van der Waals surface area contributed by atoms with Crippen LogP contribution >= 0.6 is 0 Å². The average Bonchev–Trinajstić information content (AvgIpc) is 2.43. The highest BCUT2D eigenvalue weighted by molar-refractivity contribution is 6.03. The smallest absolute Gasteiger partial charge is 0.276 e. The molecule has 0 bridgehead atoms. The van der Waals surface area contributed by atoms with Gasteiger partial charge in [0, 0.05) is 11.8 Å². The van der Waals surface area contributed by atoms with E-state index in [0.717, 1.165) is 16.8 Å². The van der Waals surface area contributed by atoms with Crippen molar-refractivity contribution in [2.75, 3.05) is 5.32 Å². The minimum Gasteiger partial charge on any atom is -0.320 e. The van der Waals surface area contributed by atoms with Crippen LogP contribution in [0.15, 0.2) is 35.1 Å². The van der Waals surface area contributed by atoms with E-state index in [2.05, 4.69) is 10.4 Å². The summed E-state index contributed by atoms with van der Waals surface area (Å²) in [5.74, 6) is -0.321. The molecule has 0 radical (unpaired) electrons. The van der Waals surface area contributed by atoms with E-state index >= 15 is 0 Å². The predicted molar refractivity (Wildman–Crippen MR) is 82.8 cm³/mol. The summed E-state index contributed by atoms with van der Waals surface area (Å²) in [6, 6.07) is 8.57. The maximum atomic E-state index is 12.3. The second-order valence-corrected chi connectivity index (χ2v) is 5.37. The molecule has 0 fully saturated rings. The van der Waals surface area contributed by atoms with Crippen LogP contribution < -0.4 is 10.9 Å². The fraction of sp³-hybridized carbons (Fsp3) is 0.312. The number of anilines is 1. The Balaban J connectivity index is 2.30. The van der Waals surface area contributed by atoms with E-state index in [9.17, 15) is 9.59 Å². The molecule has 1 aromatic heterocycles. The molecule has 0 atom stereocenters. The highest BCUT2D eigenvalue weighted by atomic mass is 16.2. The van der Waals surface area contributed by atoms with Crippen LogP contribution in [0.25, 0.3) is 0 Å². The minimum absolute atomic E-state index is 0.0917. The van der Waals surface area contributed by atoms with Crippen molar-refractivity contribution in [1.29, 1.82) is 0 Å². The highest BCUT2D eigenvalue weighted by Gasteiger charge is 2.12. The van der Waals surface area contributed by atoms with Crippen molar-refractivity contribution < 1.29 is 4.79 Å². The highest BCUT2D eigenvalue weighted by Crippen LogP contribution is 2.17. The Morgan fingerprint density at radius 2 is 1.90 bits per heavy atom. The van der Waals surface area contributed by atoms with E-state index in [4.69, 9.17) is 0 Å². The minimum atomic E-state index is -0.321. The van der Waals surface area contributed by atoms with Crippen molar-refractivity contribution >= 4 is 11.6 Å². The van der Waals surface area contributed by atoms with Gasteiger partial charge in [-0.05, 0) is 51.0 Å². The van der Waals surface area contributed by atoms with E-state index in [-0.39, 0.29) is 23.2 Å². The molecule has 1 N–H and O–H groups in total. The van der Waals surface area contributed by atoms with Crippen LogP contribution in [0.1, 0.15) is 41.5 Å². The summed E-state index contributed by atoms with van der Waals surface area (Å²) < 4.78 is 1.30. The zero-order valence-electron chi connectivity index (χ0n) is 12.7. The van der Waals surface area contributed by atoms with Gasteiger partial charge in [-0.3, -0.25) is 9.59 Å². The molecule has 5 nitrogen and oxygen atoms in total. The normalized spacial score (nSPS) is 10.7. The monoisotopic (exact) mass is 285 g/mol. The van der Waals surface area contributed by atoms with Gasteiger partial charge in [-0.1, -0.05) is 12.1 Å². The molecule has 110 valence electrons. The summed E-state index contributed by atoms with van der Waals surface area (Å²) in [6.07, 6.45) is 0. The van der Waals surface area contributed by atoms with Gasteiger partial charge in [0.1, 0.15) is 5.69 Å². The lowest BCUT2D eigenvalue weighted by Crippen LogP contribution is -2.27. The molecule has 0 unspecified atom stereocenters. The first-order chi connectivity index (χ1) is 9.88. The third-order valence-corrected chi connectivity index (χ3v) is 3.19. The molecule has 5 heteroatoms. The van der Waals surface area contributed by atoms with E-state index in [1.165, 1.54) is 16.8 Å². The van der Waals surface area contributed by atoms with Crippen molar-refractivity contribution in [2.45, 2.75) is 33.7 Å². The Morgan fingerprint density at radius 1 is 1.19 bits per heavy atom. The van der Waals surface area contributed by atoms with Crippen LogP contribution in [0, 0.1) is 13.8 Å². The molecule has 2 rings (SSSR count). The first kappa shape index (κ1) is 15.0. The molecule has 0 aliphatic rings. The molecule has 2 aromatic rings.